The first-order chi connectivity index (χ1) is 24.9. The van der Waals surface area contributed by atoms with E-state index in [4.69, 9.17) is 0 Å². The zero-order valence-electron chi connectivity index (χ0n) is 30.0. The molecular formula is C43H42N5NaO3. The standard InChI is InChI=1S/C43H43N5O3.Na/c1-3-4-24-39(49)48(30-32-25-27-33(28-26-32)37-22-14-15-23-38(37)41-44-46-47-45-41)40(42(50)51)31(2)29-43(34-16-8-5-9-17-34,35-18-10-6-11-19-35)36-20-12-7-13-21-36;/h5-23,25-28,31,40H,3-4,24,29-30H2,1-2H3,(H,50,51)(H,44,45,46,47);/q;+1/p-1/t31?,40-;/m0./s1. The van der Waals surface area contributed by atoms with Gasteiger partial charge in [-0.15, -0.1) is 10.2 Å². The molecule has 1 amide bonds. The molecule has 258 valence electrons. The number of aromatic amines is 1. The third kappa shape index (κ3) is 8.42. The summed E-state index contributed by atoms with van der Waals surface area (Å²) in [5.74, 6) is -1.47. The maximum absolute atomic E-state index is 14.0. The Kier molecular flexibility index (Phi) is 13.3. The zero-order chi connectivity index (χ0) is 35.6. The van der Waals surface area contributed by atoms with E-state index in [-0.39, 0.29) is 48.4 Å². The number of aliphatic carboxylic acids is 1. The summed E-state index contributed by atoms with van der Waals surface area (Å²) in [5, 5.41) is 27.8. The van der Waals surface area contributed by atoms with E-state index in [9.17, 15) is 14.7 Å². The van der Waals surface area contributed by atoms with Gasteiger partial charge in [-0.05, 0) is 57.4 Å². The number of nitrogens with one attached hydrogen (secondary N) is 1. The average molecular weight is 700 g/mol. The van der Waals surface area contributed by atoms with Crippen LogP contribution in [0, 0.1) is 5.92 Å². The Morgan fingerprint density at radius 1 is 0.750 bits per heavy atom. The van der Waals surface area contributed by atoms with E-state index in [1.165, 1.54) is 4.90 Å². The van der Waals surface area contributed by atoms with Gasteiger partial charge < -0.3 is 14.8 Å². The van der Waals surface area contributed by atoms with Crippen molar-refractivity contribution in [2.45, 2.75) is 57.5 Å². The molecule has 0 saturated carbocycles. The van der Waals surface area contributed by atoms with Crippen molar-refractivity contribution in [3.63, 3.8) is 0 Å². The maximum atomic E-state index is 14.0. The van der Waals surface area contributed by atoms with Crippen molar-refractivity contribution in [2.75, 3.05) is 0 Å². The van der Waals surface area contributed by atoms with E-state index in [0.717, 1.165) is 45.4 Å². The second-order valence-electron chi connectivity index (χ2n) is 13.1. The normalized spacial score (nSPS) is 12.3. The van der Waals surface area contributed by atoms with Crippen molar-refractivity contribution in [1.82, 2.24) is 25.5 Å². The molecule has 8 nitrogen and oxygen atoms in total. The summed E-state index contributed by atoms with van der Waals surface area (Å²) in [6.07, 6.45) is 2.16. The van der Waals surface area contributed by atoms with E-state index in [0.29, 0.717) is 18.7 Å². The number of hydrogen-bond acceptors (Lipinski definition) is 6. The van der Waals surface area contributed by atoms with Crippen LogP contribution in [0.5, 0.6) is 0 Å². The molecule has 0 aliphatic heterocycles. The number of carbonyl (C=O) groups is 2. The molecule has 0 bridgehead atoms. The summed E-state index contributed by atoms with van der Waals surface area (Å²) < 4.78 is 0. The third-order valence-corrected chi connectivity index (χ3v) is 9.74. The molecule has 6 rings (SSSR count). The molecule has 0 spiro atoms. The summed E-state index contributed by atoms with van der Waals surface area (Å²) in [6, 6.07) is 45.1. The van der Waals surface area contributed by atoms with E-state index >= 15 is 0 Å². The Morgan fingerprint density at radius 2 is 1.27 bits per heavy atom. The number of amides is 1. The molecule has 1 N–H and O–H groups in total. The molecule has 1 heterocycles. The number of hydrogen-bond donors (Lipinski definition) is 1. The summed E-state index contributed by atoms with van der Waals surface area (Å²) in [4.78, 5) is 28.9. The number of benzene rings is 5. The molecule has 0 aliphatic rings. The van der Waals surface area contributed by atoms with Gasteiger partial charge in [0.1, 0.15) is 0 Å². The Labute approximate surface area is 327 Å². The van der Waals surface area contributed by atoms with Gasteiger partial charge in [0.25, 0.3) is 0 Å². The van der Waals surface area contributed by atoms with Crippen molar-refractivity contribution in [3.05, 3.63) is 162 Å². The number of carboxylic acids is 1. The minimum Gasteiger partial charge on any atom is -0.548 e. The Morgan fingerprint density at radius 3 is 1.75 bits per heavy atom. The van der Waals surface area contributed by atoms with Gasteiger partial charge in [0.2, 0.25) is 11.7 Å². The van der Waals surface area contributed by atoms with Gasteiger partial charge in [0.05, 0.1) is 12.0 Å². The van der Waals surface area contributed by atoms with Crippen LogP contribution >= 0.6 is 0 Å². The second-order valence-corrected chi connectivity index (χ2v) is 13.1. The monoisotopic (exact) mass is 699 g/mol. The minimum absolute atomic E-state index is 0. The fourth-order valence-electron chi connectivity index (χ4n) is 7.29. The Bertz CT molecular complexity index is 1910. The smallest absolute Gasteiger partial charge is 0.548 e. The van der Waals surface area contributed by atoms with Crippen molar-refractivity contribution in [2.24, 2.45) is 5.92 Å². The molecule has 2 atom stereocenters. The van der Waals surface area contributed by atoms with E-state index < -0.39 is 23.3 Å². The van der Waals surface area contributed by atoms with Crippen molar-refractivity contribution >= 4 is 11.9 Å². The van der Waals surface area contributed by atoms with Gasteiger partial charge in [-0.25, -0.2) is 0 Å². The first-order valence-corrected chi connectivity index (χ1v) is 17.5. The number of carboxylic acid groups (broad SMARTS) is 1. The molecule has 9 heteroatoms. The van der Waals surface area contributed by atoms with Crippen LogP contribution in [0.15, 0.2) is 140 Å². The van der Waals surface area contributed by atoms with Crippen LogP contribution < -0.4 is 34.7 Å². The van der Waals surface area contributed by atoms with Gasteiger partial charge in [0.15, 0.2) is 0 Å². The predicted octanol–water partition coefficient (Wildman–Crippen LogP) is 4.24. The number of rotatable bonds is 15. The summed E-state index contributed by atoms with van der Waals surface area (Å²) in [7, 11) is 0. The van der Waals surface area contributed by atoms with Crippen LogP contribution in [0.1, 0.15) is 61.8 Å². The molecule has 0 fully saturated rings. The van der Waals surface area contributed by atoms with Gasteiger partial charge in [0, 0.05) is 23.9 Å². The molecule has 5 aromatic carbocycles. The SMILES string of the molecule is CCCCC(=O)N(Cc1ccc(-c2ccccc2-c2nn[nH]n2)cc1)[C@H](C(=O)[O-])C(C)CC(c1ccccc1)(c1ccccc1)c1ccccc1.[Na+]. The number of tetrazole rings is 1. The molecule has 6 aromatic rings. The Balaban J connectivity index is 0.00000523. The van der Waals surface area contributed by atoms with Crippen LogP contribution in [0.25, 0.3) is 22.5 Å². The van der Waals surface area contributed by atoms with Crippen molar-refractivity contribution in [1.29, 1.82) is 0 Å². The molecule has 0 radical (unpaired) electrons. The fourth-order valence-corrected chi connectivity index (χ4v) is 7.29. The van der Waals surface area contributed by atoms with E-state index in [1.807, 2.05) is 117 Å². The molecule has 1 unspecified atom stereocenters. The quantitative estimate of drug-likeness (QED) is 0.127. The number of nitrogens with zero attached hydrogens (tertiary/aromatic N) is 4. The van der Waals surface area contributed by atoms with E-state index in [1.54, 1.807) is 0 Å². The van der Waals surface area contributed by atoms with Crippen LogP contribution in [0.2, 0.25) is 0 Å². The topological polar surface area (TPSA) is 115 Å². The second kappa shape index (κ2) is 18.0. The molecule has 1 aromatic heterocycles. The Hall–Kier alpha value is -4.89. The molecule has 0 saturated heterocycles. The largest absolute Gasteiger partial charge is 1.00 e. The number of aromatic nitrogens is 4. The predicted molar refractivity (Wildman–Crippen MR) is 197 cm³/mol. The van der Waals surface area contributed by atoms with Crippen LogP contribution in [-0.4, -0.2) is 43.4 Å². The number of H-pyrrole nitrogens is 1. The molecular weight excluding hydrogens is 657 g/mol. The number of carbonyl (C=O) groups excluding carboxylic acids is 2. The van der Waals surface area contributed by atoms with Crippen LogP contribution in [-0.2, 0) is 21.5 Å². The van der Waals surface area contributed by atoms with Gasteiger partial charge in [-0.2, -0.15) is 5.21 Å². The van der Waals surface area contributed by atoms with Crippen LogP contribution in [0.3, 0.4) is 0 Å². The van der Waals surface area contributed by atoms with Gasteiger partial charge in [-0.1, -0.05) is 160 Å². The van der Waals surface area contributed by atoms with E-state index in [2.05, 4.69) is 57.0 Å². The average Bonchev–Trinajstić information content (AvgIpc) is 3.72. The fraction of sp³-hybridized carbons (Fsp3) is 0.233. The first-order valence-electron chi connectivity index (χ1n) is 17.5. The van der Waals surface area contributed by atoms with Crippen molar-refractivity contribution in [3.8, 4) is 22.5 Å². The minimum atomic E-state index is -1.26. The molecule has 52 heavy (non-hydrogen) atoms. The zero-order valence-corrected chi connectivity index (χ0v) is 32.0. The summed E-state index contributed by atoms with van der Waals surface area (Å²) in [6.45, 7) is 4.09. The summed E-state index contributed by atoms with van der Waals surface area (Å²) >= 11 is 0. The third-order valence-electron chi connectivity index (χ3n) is 9.74. The van der Waals surface area contributed by atoms with Gasteiger partial charge >= 0.3 is 29.6 Å². The molecule has 0 aliphatic carbocycles. The maximum Gasteiger partial charge on any atom is 1.00 e. The van der Waals surface area contributed by atoms with Crippen molar-refractivity contribution < 1.29 is 44.3 Å². The van der Waals surface area contributed by atoms with Crippen LogP contribution in [0.4, 0.5) is 0 Å². The number of unbranched alkanes of at least 4 members (excludes halogenated alkanes) is 1. The first kappa shape index (κ1) is 38.3. The summed E-state index contributed by atoms with van der Waals surface area (Å²) in [5.41, 5.74) is 5.97. The van der Waals surface area contributed by atoms with Gasteiger partial charge in [-0.3, -0.25) is 4.79 Å².